The molecule has 0 aliphatic heterocycles. The molecule has 24 heavy (non-hydrogen) atoms. The summed E-state index contributed by atoms with van der Waals surface area (Å²) in [6, 6.07) is 13.6. The molecule has 0 heterocycles. The van der Waals surface area contributed by atoms with E-state index in [4.69, 9.17) is 9.88 Å². The Morgan fingerprint density at radius 2 is 1.92 bits per heavy atom. The largest absolute Gasteiger partial charge is 0.481 e. The molecule has 2 rings (SSSR count). The molecule has 3 N–H and O–H groups in total. The number of aryl methyl sites for hydroxylation is 1. The van der Waals surface area contributed by atoms with Gasteiger partial charge in [0, 0.05) is 6.54 Å². The Morgan fingerprint density at radius 1 is 1.21 bits per heavy atom. The van der Waals surface area contributed by atoms with Gasteiger partial charge in [-0.1, -0.05) is 24.3 Å². The van der Waals surface area contributed by atoms with Crippen LogP contribution in [-0.2, 0) is 21.4 Å². The van der Waals surface area contributed by atoms with Crippen LogP contribution in [0.5, 0.6) is 5.75 Å². The van der Waals surface area contributed by atoms with E-state index < -0.39 is 16.1 Å². The number of hydrogen-bond acceptors (Lipinski definition) is 4. The predicted molar refractivity (Wildman–Crippen MR) is 90.9 cm³/mol. The maximum atomic E-state index is 12.1. The van der Waals surface area contributed by atoms with Gasteiger partial charge in [-0.15, -0.1) is 0 Å². The molecule has 0 unspecified atom stereocenters. The normalized spacial score (nSPS) is 12.5. The first kappa shape index (κ1) is 18.0. The van der Waals surface area contributed by atoms with Crippen LogP contribution in [0, 0.1) is 6.92 Å². The number of benzene rings is 2. The number of ether oxygens (including phenoxy) is 1. The molecule has 6 nitrogen and oxygen atoms in total. The summed E-state index contributed by atoms with van der Waals surface area (Å²) in [5, 5.41) is 7.81. The quantitative estimate of drug-likeness (QED) is 0.830. The summed E-state index contributed by atoms with van der Waals surface area (Å²) in [5.74, 6) is 0.325. The van der Waals surface area contributed by atoms with Gasteiger partial charge in [-0.05, 0) is 49.2 Å². The lowest BCUT2D eigenvalue weighted by Gasteiger charge is -2.15. The molecule has 0 saturated heterocycles. The van der Waals surface area contributed by atoms with Gasteiger partial charge >= 0.3 is 0 Å². The van der Waals surface area contributed by atoms with Crippen LogP contribution in [0.1, 0.15) is 18.1 Å². The summed E-state index contributed by atoms with van der Waals surface area (Å²) in [5.41, 5.74) is 1.68. The maximum absolute atomic E-state index is 12.1. The number of nitrogens with one attached hydrogen (secondary N) is 1. The Morgan fingerprint density at radius 3 is 2.58 bits per heavy atom. The molecule has 0 fully saturated rings. The molecule has 7 heteroatoms. The van der Waals surface area contributed by atoms with Crippen molar-refractivity contribution in [2.75, 3.05) is 0 Å². The molecule has 0 aliphatic carbocycles. The summed E-state index contributed by atoms with van der Waals surface area (Å²) in [7, 11) is -3.76. The van der Waals surface area contributed by atoms with Gasteiger partial charge in [0.25, 0.3) is 5.91 Å². The molecule has 0 saturated carbocycles. The first-order chi connectivity index (χ1) is 11.3. The highest BCUT2D eigenvalue weighted by Crippen LogP contribution is 2.14. The number of carbonyl (C=O) groups excluding carboxylic acids is 1. The molecular weight excluding hydrogens is 328 g/mol. The van der Waals surface area contributed by atoms with Crippen LogP contribution < -0.4 is 15.2 Å². The molecule has 0 aromatic heterocycles. The lowest BCUT2D eigenvalue weighted by molar-refractivity contribution is -0.127. The van der Waals surface area contributed by atoms with Gasteiger partial charge in [0.2, 0.25) is 10.0 Å². The zero-order valence-corrected chi connectivity index (χ0v) is 14.3. The van der Waals surface area contributed by atoms with Crippen LogP contribution in [0.25, 0.3) is 0 Å². The molecule has 0 spiro atoms. The minimum Gasteiger partial charge on any atom is -0.481 e. The van der Waals surface area contributed by atoms with Gasteiger partial charge in [-0.3, -0.25) is 4.79 Å². The van der Waals surface area contributed by atoms with Crippen LogP contribution in [0.15, 0.2) is 53.4 Å². The summed E-state index contributed by atoms with van der Waals surface area (Å²) < 4.78 is 28.3. The lowest BCUT2D eigenvalue weighted by Crippen LogP contribution is -2.35. The third kappa shape index (κ3) is 5.07. The van der Waals surface area contributed by atoms with Gasteiger partial charge in [-0.2, -0.15) is 0 Å². The summed E-state index contributed by atoms with van der Waals surface area (Å²) in [6.45, 7) is 3.78. The van der Waals surface area contributed by atoms with E-state index in [1.54, 1.807) is 25.1 Å². The molecule has 1 amide bonds. The van der Waals surface area contributed by atoms with E-state index in [-0.39, 0.29) is 17.3 Å². The Bertz CT molecular complexity index is 834. The van der Waals surface area contributed by atoms with Crippen LogP contribution in [0.3, 0.4) is 0 Å². The van der Waals surface area contributed by atoms with Crippen molar-refractivity contribution in [2.45, 2.75) is 31.4 Å². The van der Waals surface area contributed by atoms with Crippen molar-refractivity contribution in [2.24, 2.45) is 5.14 Å². The SMILES string of the molecule is Cc1cccc(O[C@H](C)C(=O)NCc2cccc(S(N)(=O)=O)c2)c1. The highest BCUT2D eigenvalue weighted by atomic mass is 32.2. The summed E-state index contributed by atoms with van der Waals surface area (Å²) in [4.78, 5) is 12.1. The van der Waals surface area contributed by atoms with Gasteiger partial charge in [0.05, 0.1) is 4.90 Å². The highest BCUT2D eigenvalue weighted by molar-refractivity contribution is 7.89. The first-order valence-corrected chi connectivity index (χ1v) is 8.93. The number of nitrogens with two attached hydrogens (primary N) is 1. The van der Waals surface area contributed by atoms with E-state index in [1.807, 2.05) is 25.1 Å². The number of rotatable bonds is 6. The van der Waals surface area contributed by atoms with Crippen molar-refractivity contribution in [3.8, 4) is 5.75 Å². The van der Waals surface area contributed by atoms with Crippen molar-refractivity contribution >= 4 is 15.9 Å². The van der Waals surface area contributed by atoms with Gasteiger partial charge in [-0.25, -0.2) is 13.6 Å². The fraction of sp³-hybridized carbons (Fsp3) is 0.235. The zero-order valence-electron chi connectivity index (χ0n) is 13.5. The van der Waals surface area contributed by atoms with Crippen molar-refractivity contribution in [3.05, 3.63) is 59.7 Å². The third-order valence-corrected chi connectivity index (χ3v) is 4.28. The summed E-state index contributed by atoms with van der Waals surface area (Å²) in [6.07, 6.45) is -0.673. The van der Waals surface area contributed by atoms with Gasteiger partial charge in [0.1, 0.15) is 5.75 Å². The Kier molecular flexibility index (Phi) is 5.58. The van der Waals surface area contributed by atoms with E-state index in [0.717, 1.165) is 5.56 Å². The molecule has 2 aromatic rings. The van der Waals surface area contributed by atoms with Gasteiger partial charge in [0.15, 0.2) is 6.10 Å². The zero-order chi connectivity index (χ0) is 17.7. The molecule has 128 valence electrons. The Labute approximate surface area is 141 Å². The van der Waals surface area contributed by atoms with E-state index in [2.05, 4.69) is 5.32 Å². The molecule has 0 radical (unpaired) electrons. The fourth-order valence-corrected chi connectivity index (χ4v) is 2.70. The second-order valence-corrected chi connectivity index (χ2v) is 7.05. The summed E-state index contributed by atoms with van der Waals surface area (Å²) >= 11 is 0. The van der Waals surface area contributed by atoms with Crippen molar-refractivity contribution in [3.63, 3.8) is 0 Å². The smallest absolute Gasteiger partial charge is 0.261 e. The number of sulfonamides is 1. The first-order valence-electron chi connectivity index (χ1n) is 7.38. The monoisotopic (exact) mass is 348 g/mol. The average Bonchev–Trinajstić information content (AvgIpc) is 2.52. The molecule has 0 bridgehead atoms. The predicted octanol–water partition coefficient (Wildman–Crippen LogP) is 1.73. The molecule has 0 aliphatic rings. The molecule has 1 atom stereocenters. The van der Waals surface area contributed by atoms with Crippen LogP contribution in [0.4, 0.5) is 0 Å². The van der Waals surface area contributed by atoms with E-state index >= 15 is 0 Å². The lowest BCUT2D eigenvalue weighted by atomic mass is 10.2. The Balaban J connectivity index is 1.95. The van der Waals surface area contributed by atoms with E-state index in [1.165, 1.54) is 12.1 Å². The van der Waals surface area contributed by atoms with E-state index in [9.17, 15) is 13.2 Å². The highest BCUT2D eigenvalue weighted by Gasteiger charge is 2.15. The van der Waals surface area contributed by atoms with Crippen LogP contribution in [0.2, 0.25) is 0 Å². The number of amides is 1. The number of carbonyl (C=O) groups is 1. The van der Waals surface area contributed by atoms with Crippen molar-refractivity contribution < 1.29 is 17.9 Å². The molecular formula is C17H20N2O4S. The topological polar surface area (TPSA) is 98.5 Å². The van der Waals surface area contributed by atoms with Crippen LogP contribution in [-0.4, -0.2) is 20.4 Å². The fourth-order valence-electron chi connectivity index (χ4n) is 2.11. The second-order valence-electron chi connectivity index (χ2n) is 5.49. The number of hydrogen-bond donors (Lipinski definition) is 2. The standard InChI is InChI=1S/C17H20N2O4S/c1-12-5-3-7-15(9-12)23-13(2)17(20)19-11-14-6-4-8-16(10-14)24(18,21)22/h3-10,13H,11H2,1-2H3,(H,19,20)(H2,18,21,22)/t13-/m1/s1. The maximum Gasteiger partial charge on any atom is 0.261 e. The minimum absolute atomic E-state index is 0.0123. The second kappa shape index (κ2) is 7.46. The van der Waals surface area contributed by atoms with Crippen molar-refractivity contribution in [1.29, 1.82) is 0 Å². The average molecular weight is 348 g/mol. The number of primary sulfonamides is 1. The van der Waals surface area contributed by atoms with Gasteiger partial charge < -0.3 is 10.1 Å². The van der Waals surface area contributed by atoms with E-state index in [0.29, 0.717) is 11.3 Å². The third-order valence-electron chi connectivity index (χ3n) is 3.37. The Hall–Kier alpha value is -2.38. The molecule has 2 aromatic carbocycles. The van der Waals surface area contributed by atoms with Crippen molar-refractivity contribution in [1.82, 2.24) is 5.32 Å². The van der Waals surface area contributed by atoms with Crippen LogP contribution >= 0.6 is 0 Å². The minimum atomic E-state index is -3.76.